The highest BCUT2D eigenvalue weighted by atomic mass is 16.2. The Morgan fingerprint density at radius 1 is 1.29 bits per heavy atom. The molecule has 2 atom stereocenters. The number of fused-ring (bicyclic) bond motifs is 1. The first kappa shape index (κ1) is 18.6. The van der Waals surface area contributed by atoms with E-state index >= 15 is 0 Å². The lowest BCUT2D eigenvalue weighted by Gasteiger charge is -2.37. The van der Waals surface area contributed by atoms with Gasteiger partial charge in [0.2, 0.25) is 5.91 Å². The van der Waals surface area contributed by atoms with Gasteiger partial charge in [0.25, 0.3) is 5.91 Å². The molecule has 1 aromatic carbocycles. The van der Waals surface area contributed by atoms with Gasteiger partial charge >= 0.3 is 0 Å². The van der Waals surface area contributed by atoms with Crippen LogP contribution in [0.1, 0.15) is 48.5 Å². The van der Waals surface area contributed by atoms with E-state index in [0.717, 1.165) is 49.0 Å². The summed E-state index contributed by atoms with van der Waals surface area (Å²) in [6.45, 7) is 2.60. The number of aromatic nitrogens is 1. The summed E-state index contributed by atoms with van der Waals surface area (Å²) in [4.78, 5) is 31.3. The van der Waals surface area contributed by atoms with Crippen LogP contribution in [0.3, 0.4) is 0 Å². The van der Waals surface area contributed by atoms with E-state index < -0.39 is 5.54 Å². The fourth-order valence-corrected chi connectivity index (χ4v) is 4.35. The minimum atomic E-state index is -0.452. The number of amides is 2. The average Bonchev–Trinajstić information content (AvgIpc) is 3.11. The van der Waals surface area contributed by atoms with Crippen LogP contribution in [0.15, 0.2) is 42.7 Å². The highest BCUT2D eigenvalue weighted by Gasteiger charge is 2.38. The minimum absolute atomic E-state index is 0.00839. The molecule has 4 rings (SSSR count). The van der Waals surface area contributed by atoms with Crippen molar-refractivity contribution in [3.63, 3.8) is 0 Å². The molecule has 1 fully saturated rings. The first-order valence-corrected chi connectivity index (χ1v) is 9.90. The van der Waals surface area contributed by atoms with Crippen molar-refractivity contribution < 1.29 is 9.59 Å². The quantitative estimate of drug-likeness (QED) is 0.859. The molecule has 6 nitrogen and oxygen atoms in total. The van der Waals surface area contributed by atoms with E-state index in [1.807, 2.05) is 25.1 Å². The van der Waals surface area contributed by atoms with Crippen LogP contribution in [0.5, 0.6) is 0 Å². The van der Waals surface area contributed by atoms with Gasteiger partial charge in [0, 0.05) is 35.9 Å². The van der Waals surface area contributed by atoms with Crippen LogP contribution in [0.2, 0.25) is 0 Å². The maximum absolute atomic E-state index is 12.8. The van der Waals surface area contributed by atoms with Crippen LogP contribution in [0.25, 0.3) is 0 Å². The third kappa shape index (κ3) is 3.52. The maximum Gasteiger partial charge on any atom is 0.259 e. The summed E-state index contributed by atoms with van der Waals surface area (Å²) >= 11 is 0. The van der Waals surface area contributed by atoms with Crippen LogP contribution >= 0.6 is 0 Å². The second-order valence-corrected chi connectivity index (χ2v) is 8.09. The largest absolute Gasteiger partial charge is 0.326 e. The van der Waals surface area contributed by atoms with Gasteiger partial charge in [-0.15, -0.1) is 0 Å². The zero-order valence-corrected chi connectivity index (χ0v) is 16.1. The topological polar surface area (TPSA) is 88.3 Å². The summed E-state index contributed by atoms with van der Waals surface area (Å²) in [5, 5.41) is 3.04. The average molecular weight is 378 g/mol. The zero-order chi connectivity index (χ0) is 19.7. The Morgan fingerprint density at radius 2 is 2.14 bits per heavy atom. The van der Waals surface area contributed by atoms with Crippen molar-refractivity contribution in [2.75, 3.05) is 16.8 Å². The SMILES string of the molecule is CC1(N)CCCCC1C(=O)Nc1ccc2c(c1)CCN2C(=O)c1cccnc1. The monoisotopic (exact) mass is 378 g/mol. The van der Waals surface area contributed by atoms with Gasteiger partial charge in [0.1, 0.15) is 0 Å². The third-order valence-corrected chi connectivity index (χ3v) is 5.97. The van der Waals surface area contributed by atoms with Gasteiger partial charge in [-0.2, -0.15) is 0 Å². The standard InChI is InChI=1S/C22H26N4O2/c1-22(23)10-3-2-6-18(22)20(27)25-17-7-8-19-15(13-17)9-12-26(19)21(28)16-5-4-11-24-14-16/h4-5,7-8,11,13-14,18H,2-3,6,9-10,12,23H2,1H3,(H,25,27). The molecule has 0 radical (unpaired) electrons. The number of nitrogens with zero attached hydrogens (tertiary/aromatic N) is 2. The van der Waals surface area contributed by atoms with E-state index in [1.54, 1.807) is 29.4 Å². The lowest BCUT2D eigenvalue weighted by molar-refractivity contribution is -0.122. The molecule has 28 heavy (non-hydrogen) atoms. The fraction of sp³-hybridized carbons (Fsp3) is 0.409. The van der Waals surface area contributed by atoms with Crippen molar-refractivity contribution >= 4 is 23.2 Å². The molecule has 1 aliphatic heterocycles. The molecule has 0 saturated heterocycles. The number of hydrogen-bond acceptors (Lipinski definition) is 4. The number of nitrogens with one attached hydrogen (secondary N) is 1. The predicted molar refractivity (Wildman–Crippen MR) is 109 cm³/mol. The maximum atomic E-state index is 12.8. The molecule has 1 aliphatic carbocycles. The number of benzene rings is 1. The summed E-state index contributed by atoms with van der Waals surface area (Å²) in [7, 11) is 0. The molecule has 2 aliphatic rings. The number of anilines is 2. The Balaban J connectivity index is 1.49. The summed E-state index contributed by atoms with van der Waals surface area (Å²) in [6.07, 6.45) is 7.84. The van der Waals surface area contributed by atoms with Crippen LogP contribution in [0, 0.1) is 5.92 Å². The van der Waals surface area contributed by atoms with Crippen LogP contribution in [-0.2, 0) is 11.2 Å². The Bertz CT molecular complexity index is 895. The minimum Gasteiger partial charge on any atom is -0.326 e. The Morgan fingerprint density at radius 3 is 2.89 bits per heavy atom. The van der Waals surface area contributed by atoms with Crippen LogP contribution in [-0.4, -0.2) is 28.9 Å². The summed E-state index contributed by atoms with van der Waals surface area (Å²) in [5.74, 6) is -0.228. The van der Waals surface area contributed by atoms with Crippen LogP contribution in [0.4, 0.5) is 11.4 Å². The lowest BCUT2D eigenvalue weighted by atomic mass is 9.74. The van der Waals surface area contributed by atoms with E-state index in [4.69, 9.17) is 5.73 Å². The summed E-state index contributed by atoms with van der Waals surface area (Å²) in [6, 6.07) is 9.28. The van der Waals surface area contributed by atoms with Crippen molar-refractivity contribution in [2.24, 2.45) is 11.7 Å². The van der Waals surface area contributed by atoms with Gasteiger partial charge in [-0.25, -0.2) is 0 Å². The van der Waals surface area contributed by atoms with E-state index in [0.29, 0.717) is 12.1 Å². The Hall–Kier alpha value is -2.73. The molecule has 0 bridgehead atoms. The van der Waals surface area contributed by atoms with Gasteiger partial charge in [0.15, 0.2) is 0 Å². The molecular formula is C22H26N4O2. The second-order valence-electron chi connectivity index (χ2n) is 8.09. The first-order chi connectivity index (χ1) is 13.5. The molecule has 146 valence electrons. The molecule has 6 heteroatoms. The number of pyridine rings is 1. The predicted octanol–water partition coefficient (Wildman–Crippen LogP) is 3.13. The molecule has 2 aromatic rings. The van der Waals surface area contributed by atoms with Crippen molar-refractivity contribution in [1.82, 2.24) is 4.98 Å². The van der Waals surface area contributed by atoms with Gasteiger partial charge in [0.05, 0.1) is 11.5 Å². The fourth-order valence-electron chi connectivity index (χ4n) is 4.35. The van der Waals surface area contributed by atoms with Gasteiger partial charge in [-0.3, -0.25) is 14.6 Å². The molecule has 2 amide bonds. The Kier molecular flexibility index (Phi) is 4.89. The third-order valence-electron chi connectivity index (χ3n) is 5.97. The molecular weight excluding hydrogens is 352 g/mol. The van der Waals surface area contributed by atoms with E-state index in [1.165, 1.54) is 0 Å². The summed E-state index contributed by atoms with van der Waals surface area (Å²) < 4.78 is 0. The van der Waals surface area contributed by atoms with Crippen LogP contribution < -0.4 is 16.0 Å². The van der Waals surface area contributed by atoms with E-state index in [-0.39, 0.29) is 17.7 Å². The van der Waals surface area contributed by atoms with E-state index in [9.17, 15) is 9.59 Å². The highest BCUT2D eigenvalue weighted by Crippen LogP contribution is 2.34. The molecule has 1 aromatic heterocycles. The lowest BCUT2D eigenvalue weighted by Crippen LogP contribution is -2.51. The number of rotatable bonds is 3. The van der Waals surface area contributed by atoms with Crippen molar-refractivity contribution in [3.05, 3.63) is 53.9 Å². The molecule has 3 N–H and O–H groups in total. The number of hydrogen-bond donors (Lipinski definition) is 2. The first-order valence-electron chi connectivity index (χ1n) is 9.90. The van der Waals surface area contributed by atoms with Gasteiger partial charge in [-0.1, -0.05) is 12.8 Å². The number of nitrogens with two attached hydrogens (primary N) is 1. The van der Waals surface area contributed by atoms with Crippen molar-refractivity contribution in [2.45, 2.75) is 44.6 Å². The molecule has 2 unspecified atom stereocenters. The smallest absolute Gasteiger partial charge is 0.259 e. The summed E-state index contributed by atoms with van der Waals surface area (Å²) in [5.41, 5.74) is 9.21. The normalized spacial score (nSPS) is 23.9. The zero-order valence-electron chi connectivity index (χ0n) is 16.1. The molecule has 1 saturated carbocycles. The van der Waals surface area contributed by atoms with Crippen molar-refractivity contribution in [1.29, 1.82) is 0 Å². The molecule has 0 spiro atoms. The second kappa shape index (κ2) is 7.36. The number of carbonyl (C=O) groups is 2. The number of carbonyl (C=O) groups excluding carboxylic acids is 2. The molecule has 2 heterocycles. The van der Waals surface area contributed by atoms with Gasteiger partial charge in [-0.05, 0) is 62.1 Å². The van der Waals surface area contributed by atoms with Crippen molar-refractivity contribution in [3.8, 4) is 0 Å². The Labute approximate surface area is 165 Å². The van der Waals surface area contributed by atoms with Gasteiger partial charge < -0.3 is 16.0 Å². The highest BCUT2D eigenvalue weighted by molar-refractivity contribution is 6.07. The van der Waals surface area contributed by atoms with E-state index in [2.05, 4.69) is 10.3 Å².